The zero-order valence-corrected chi connectivity index (χ0v) is 21.9. The molecule has 0 fully saturated rings. The molecule has 0 aromatic carbocycles. The molecule has 8 nitrogen and oxygen atoms in total. The topological polar surface area (TPSA) is 103 Å². The minimum atomic E-state index is -4.87. The van der Waals surface area contributed by atoms with Crippen molar-refractivity contribution in [2.45, 2.75) is 46.1 Å². The van der Waals surface area contributed by atoms with Crippen LogP contribution in [0.25, 0.3) is 17.1 Å². The van der Waals surface area contributed by atoms with Gasteiger partial charge in [-0.2, -0.15) is 13.2 Å². The first kappa shape index (κ1) is 28.1. The largest absolute Gasteiger partial charge is 0.485 e. The van der Waals surface area contributed by atoms with Gasteiger partial charge in [-0.1, -0.05) is 11.6 Å². The van der Waals surface area contributed by atoms with Gasteiger partial charge in [-0.25, -0.2) is 14.4 Å². The molecule has 4 aromatic rings. The summed E-state index contributed by atoms with van der Waals surface area (Å²) in [7, 11) is 0. The number of pyridine rings is 3. The Kier molecular flexibility index (Phi) is 7.46. The number of halogens is 5. The summed E-state index contributed by atoms with van der Waals surface area (Å²) in [4.78, 5) is 29.3. The summed E-state index contributed by atoms with van der Waals surface area (Å²) >= 11 is 6.23. The first-order valence-corrected chi connectivity index (χ1v) is 11.8. The molecule has 0 bridgehead atoms. The Hall–Kier alpha value is -3.90. The maximum absolute atomic E-state index is 14.1. The first-order valence-electron chi connectivity index (χ1n) is 11.5. The maximum Gasteiger partial charge on any atom is 0.419 e. The van der Waals surface area contributed by atoms with E-state index in [-0.39, 0.29) is 41.0 Å². The van der Waals surface area contributed by atoms with Crippen molar-refractivity contribution < 1.29 is 27.4 Å². The van der Waals surface area contributed by atoms with Crippen LogP contribution in [-0.2, 0) is 18.4 Å². The molecule has 4 aromatic heterocycles. The highest BCUT2D eigenvalue weighted by molar-refractivity contribution is 6.31. The zero-order chi connectivity index (χ0) is 28.7. The Morgan fingerprint density at radius 2 is 1.77 bits per heavy atom. The molecule has 39 heavy (non-hydrogen) atoms. The lowest BCUT2D eigenvalue weighted by atomic mass is 10.1. The van der Waals surface area contributed by atoms with Gasteiger partial charge in [0.1, 0.15) is 34.5 Å². The molecule has 0 radical (unpaired) electrons. The smallest absolute Gasteiger partial charge is 0.419 e. The number of hydrogen-bond donors (Lipinski definition) is 1. The first-order chi connectivity index (χ1) is 18.2. The van der Waals surface area contributed by atoms with E-state index in [0.717, 1.165) is 10.6 Å². The maximum atomic E-state index is 14.1. The fraction of sp³-hybridized carbons (Fsp3) is 0.269. The molecule has 4 heterocycles. The number of hydrogen-bond acceptors (Lipinski definition) is 7. The molecule has 0 amide bonds. The fourth-order valence-electron chi connectivity index (χ4n) is 3.68. The van der Waals surface area contributed by atoms with Crippen LogP contribution < -0.4 is 10.3 Å². The highest BCUT2D eigenvalue weighted by atomic mass is 35.5. The number of aliphatic hydroxyl groups is 1. The summed E-state index contributed by atoms with van der Waals surface area (Å²) in [5.74, 6) is -0.737. The Morgan fingerprint density at radius 1 is 1.05 bits per heavy atom. The average molecular weight is 564 g/mol. The molecule has 0 spiro atoms. The van der Waals surface area contributed by atoms with E-state index in [2.05, 4.69) is 19.9 Å². The third-order valence-electron chi connectivity index (χ3n) is 5.61. The Balaban J connectivity index is 1.81. The molecule has 0 unspecified atom stereocenters. The van der Waals surface area contributed by atoms with E-state index in [1.807, 2.05) is 0 Å². The Bertz CT molecular complexity index is 1620. The van der Waals surface area contributed by atoms with Crippen molar-refractivity contribution in [1.82, 2.24) is 24.5 Å². The normalized spacial score (nSPS) is 12.1. The van der Waals surface area contributed by atoms with Gasteiger partial charge in [0.15, 0.2) is 5.82 Å². The van der Waals surface area contributed by atoms with Gasteiger partial charge in [-0.05, 0) is 51.5 Å². The molecule has 0 atom stereocenters. The summed E-state index contributed by atoms with van der Waals surface area (Å²) in [6, 6.07) is 4.99. The molecule has 0 aliphatic rings. The number of nitrogens with zero attached hydrogens (tertiary/aromatic N) is 5. The Labute approximate surface area is 225 Å². The van der Waals surface area contributed by atoms with Gasteiger partial charge in [0.2, 0.25) is 0 Å². The van der Waals surface area contributed by atoms with Gasteiger partial charge >= 0.3 is 6.18 Å². The number of aryl methyl sites for hydroxylation is 2. The van der Waals surface area contributed by atoms with Gasteiger partial charge in [0, 0.05) is 30.4 Å². The molecule has 4 rings (SSSR count). The van der Waals surface area contributed by atoms with E-state index in [4.69, 9.17) is 16.3 Å². The predicted molar refractivity (Wildman–Crippen MR) is 134 cm³/mol. The molecule has 204 valence electrons. The second-order valence-corrected chi connectivity index (χ2v) is 9.62. The van der Waals surface area contributed by atoms with Gasteiger partial charge in [-0.3, -0.25) is 19.3 Å². The summed E-state index contributed by atoms with van der Waals surface area (Å²) in [6.45, 7) is 5.61. The quantitative estimate of drug-likeness (QED) is 0.317. The average Bonchev–Trinajstić information content (AvgIpc) is 2.85. The van der Waals surface area contributed by atoms with Crippen LogP contribution in [0.15, 0.2) is 47.7 Å². The molecule has 13 heteroatoms. The predicted octanol–water partition coefficient (Wildman–Crippen LogP) is 5.32. The SMILES string of the molecule is Cc1cnc(COc2cc(C)n(-c3cc(-c4ccnc(C(C)(C)O)n4)ncc3C(F)(F)F)c(=O)c2Cl)c(F)c1. The van der Waals surface area contributed by atoms with E-state index in [1.54, 1.807) is 6.92 Å². The van der Waals surface area contributed by atoms with E-state index in [1.165, 1.54) is 51.4 Å². The van der Waals surface area contributed by atoms with Gasteiger partial charge in [0.05, 0.1) is 22.6 Å². The van der Waals surface area contributed by atoms with Crippen LogP contribution in [0.4, 0.5) is 17.6 Å². The van der Waals surface area contributed by atoms with Crippen LogP contribution >= 0.6 is 11.6 Å². The van der Waals surface area contributed by atoms with Crippen molar-refractivity contribution >= 4 is 11.6 Å². The van der Waals surface area contributed by atoms with Crippen LogP contribution in [0.1, 0.15) is 42.2 Å². The van der Waals surface area contributed by atoms with E-state index in [9.17, 15) is 27.5 Å². The van der Waals surface area contributed by atoms with Crippen molar-refractivity contribution in [3.63, 3.8) is 0 Å². The summed E-state index contributed by atoms with van der Waals surface area (Å²) in [5.41, 5.74) is -3.41. The van der Waals surface area contributed by atoms with Crippen molar-refractivity contribution in [3.8, 4) is 22.8 Å². The second-order valence-electron chi connectivity index (χ2n) is 9.24. The van der Waals surface area contributed by atoms with Crippen LogP contribution in [0.3, 0.4) is 0 Å². The third kappa shape index (κ3) is 5.91. The van der Waals surface area contributed by atoms with Crippen LogP contribution in [-0.4, -0.2) is 29.6 Å². The molecule has 0 saturated carbocycles. The second kappa shape index (κ2) is 10.3. The third-order valence-corrected chi connectivity index (χ3v) is 5.96. The van der Waals surface area contributed by atoms with E-state index < -0.39 is 39.4 Å². The van der Waals surface area contributed by atoms with Gasteiger partial charge < -0.3 is 9.84 Å². The van der Waals surface area contributed by atoms with Crippen LogP contribution in [0, 0.1) is 19.7 Å². The molecule has 0 saturated heterocycles. The van der Waals surface area contributed by atoms with E-state index in [0.29, 0.717) is 11.8 Å². The summed E-state index contributed by atoms with van der Waals surface area (Å²) in [6.07, 6.45) is -1.51. The van der Waals surface area contributed by atoms with Crippen molar-refractivity contribution in [2.24, 2.45) is 0 Å². The standard InChI is InChI=1S/C26H22ClF4N5O3/c1-13-7-16(28)19(33-10-13)12-39-21-8-14(2)36(23(37)22(21)27)20-9-18(34-11-15(20)26(29,30)31)17-5-6-32-24(35-17)25(3,4)38/h5-11,38H,12H2,1-4H3. The summed E-state index contributed by atoms with van der Waals surface area (Å²) in [5, 5.41) is 9.72. The minimum Gasteiger partial charge on any atom is -0.485 e. The molecular weight excluding hydrogens is 542 g/mol. The molecular formula is C26H22ClF4N5O3. The monoisotopic (exact) mass is 563 g/mol. The lowest BCUT2D eigenvalue weighted by Crippen LogP contribution is -2.25. The molecule has 1 N–H and O–H groups in total. The van der Waals surface area contributed by atoms with Gasteiger partial charge in [-0.15, -0.1) is 0 Å². The van der Waals surface area contributed by atoms with Crippen LogP contribution in [0.5, 0.6) is 5.75 Å². The zero-order valence-electron chi connectivity index (χ0n) is 21.1. The van der Waals surface area contributed by atoms with Crippen molar-refractivity contribution in [2.75, 3.05) is 0 Å². The fourth-order valence-corrected chi connectivity index (χ4v) is 3.88. The lowest BCUT2D eigenvalue weighted by molar-refractivity contribution is -0.137. The minimum absolute atomic E-state index is 0.00503. The lowest BCUT2D eigenvalue weighted by Gasteiger charge is -2.19. The van der Waals surface area contributed by atoms with Crippen molar-refractivity contribution in [1.29, 1.82) is 0 Å². The molecule has 0 aliphatic heterocycles. The van der Waals surface area contributed by atoms with Crippen LogP contribution in [0.2, 0.25) is 5.02 Å². The van der Waals surface area contributed by atoms with Gasteiger partial charge in [0.25, 0.3) is 5.56 Å². The number of aromatic nitrogens is 5. The number of ether oxygens (including phenoxy) is 1. The van der Waals surface area contributed by atoms with Crippen molar-refractivity contribution in [3.05, 3.63) is 92.4 Å². The molecule has 0 aliphatic carbocycles. The highest BCUT2D eigenvalue weighted by Crippen LogP contribution is 2.36. The number of alkyl halides is 3. The summed E-state index contributed by atoms with van der Waals surface area (Å²) < 4.78 is 62.4. The number of rotatable bonds is 6. The van der Waals surface area contributed by atoms with E-state index >= 15 is 0 Å². The highest BCUT2D eigenvalue weighted by Gasteiger charge is 2.36. The Morgan fingerprint density at radius 3 is 2.41 bits per heavy atom.